The van der Waals surface area contributed by atoms with Crippen molar-refractivity contribution in [1.82, 2.24) is 0 Å². The number of ether oxygens (including phenoxy) is 1. The van der Waals surface area contributed by atoms with Crippen LogP contribution >= 0.6 is 0 Å². The Morgan fingerprint density at radius 2 is 1.32 bits per heavy atom. The summed E-state index contributed by atoms with van der Waals surface area (Å²) in [6.07, 6.45) is 12.4. The zero-order valence-corrected chi connectivity index (χ0v) is 20.9. The van der Waals surface area contributed by atoms with Gasteiger partial charge in [-0.25, -0.2) is 0 Å². The number of terminal acetylenes is 1. The normalized spacial score (nSPS) is 8.84. The first kappa shape index (κ1) is 47.1. The van der Waals surface area contributed by atoms with Crippen molar-refractivity contribution < 1.29 is 45.4 Å². The fraction of sp³-hybridized carbons (Fsp3) is 0.391. The van der Waals surface area contributed by atoms with Crippen molar-refractivity contribution in [2.75, 3.05) is 6.61 Å². The molecule has 31 heavy (non-hydrogen) atoms. The molecule has 0 unspecified atom stereocenters. The minimum Gasteiger partial charge on any atom is 0 e. The zero-order chi connectivity index (χ0) is 25.6. The molecule has 0 aliphatic rings. The standard InChI is InChI=1S/C18H28OSi.5CO.Cr/c1-8-9-11-16(2)12-10-13-17(3)14-19-15-18(4)20(5,6)7;5*1-2;/h1,11,13H,4,9-10,12,14H2,2-3,5-7H3;;;;;;/b16-11+,17-13+;;;;;;. The Balaban J connectivity index is -0.0000000912. The Labute approximate surface area is 199 Å². The molecule has 0 amide bonds. The second-order valence-electron chi connectivity index (χ2n) is 6.17. The summed E-state index contributed by atoms with van der Waals surface area (Å²) < 4.78 is 43.0. The smallest absolute Gasteiger partial charge is 0 e. The van der Waals surface area contributed by atoms with Crippen molar-refractivity contribution in [2.24, 2.45) is 0 Å². The van der Waals surface area contributed by atoms with E-state index >= 15 is 0 Å². The molecule has 0 atom stereocenters. The van der Waals surface area contributed by atoms with E-state index in [0.717, 1.165) is 24.5 Å². The van der Waals surface area contributed by atoms with E-state index in [0.29, 0.717) is 6.61 Å². The van der Waals surface area contributed by atoms with Crippen LogP contribution in [0.15, 0.2) is 35.1 Å². The summed E-state index contributed by atoms with van der Waals surface area (Å²) in [5.74, 6) is 2.62. The molecule has 0 aromatic rings. The van der Waals surface area contributed by atoms with Gasteiger partial charge in [-0.1, -0.05) is 48.1 Å². The molecule has 0 spiro atoms. The maximum atomic E-state index is 7.50. The summed E-state index contributed by atoms with van der Waals surface area (Å²) in [7, 11) is -1.36. The molecule has 0 aromatic heterocycles. The molecule has 0 rings (SSSR count). The summed E-state index contributed by atoms with van der Waals surface area (Å²) in [6.45, 7) is 41.0. The minimum absolute atomic E-state index is 0. The molecule has 0 saturated heterocycles. The van der Waals surface area contributed by atoms with Crippen molar-refractivity contribution in [3.8, 4) is 12.3 Å². The van der Waals surface area contributed by atoms with Crippen LogP contribution in [-0.4, -0.2) is 14.7 Å². The van der Waals surface area contributed by atoms with E-state index in [2.05, 4.69) is 98.0 Å². The van der Waals surface area contributed by atoms with Gasteiger partial charge in [0.25, 0.3) is 0 Å². The number of hydrogen-bond donors (Lipinski definition) is 0. The van der Waals surface area contributed by atoms with E-state index in [1.165, 1.54) is 11.1 Å². The molecule has 166 valence electrons. The van der Waals surface area contributed by atoms with Gasteiger partial charge in [0.15, 0.2) is 6.61 Å². The van der Waals surface area contributed by atoms with Crippen LogP contribution in [0.25, 0.3) is 0 Å². The second kappa shape index (κ2) is 42.3. The molecule has 0 aliphatic carbocycles. The molecule has 0 aliphatic heterocycles. The van der Waals surface area contributed by atoms with E-state index < -0.39 is 8.07 Å². The van der Waals surface area contributed by atoms with Crippen LogP contribution in [0.4, 0.5) is 0 Å². The predicted molar refractivity (Wildman–Crippen MR) is 112 cm³/mol. The van der Waals surface area contributed by atoms with Gasteiger partial charge in [-0.05, 0) is 26.7 Å². The molecule has 6 nitrogen and oxygen atoms in total. The van der Waals surface area contributed by atoms with Gasteiger partial charge >= 0.3 is 56.5 Å². The molecule has 0 N–H and O–H groups in total. The first-order valence-electron chi connectivity index (χ1n) is 8.11. The summed E-state index contributed by atoms with van der Waals surface area (Å²) >= 11 is 0. The van der Waals surface area contributed by atoms with Crippen LogP contribution in [0.2, 0.25) is 19.6 Å². The Hall–Kier alpha value is -1.81. The number of rotatable bonds is 9. The van der Waals surface area contributed by atoms with Crippen molar-refractivity contribution in [3.63, 3.8) is 0 Å². The van der Waals surface area contributed by atoms with Crippen LogP contribution in [0.5, 0.6) is 0 Å². The largest absolute Gasteiger partial charge is 0 e. The predicted octanol–water partition coefficient (Wildman–Crippen LogP) is 4.98. The Bertz CT molecular complexity index is 576. The van der Waals surface area contributed by atoms with Gasteiger partial charge in [0.1, 0.15) is 0 Å². The fourth-order valence-electron chi connectivity index (χ4n) is 1.33. The van der Waals surface area contributed by atoms with Crippen LogP contribution in [0, 0.1) is 52.2 Å². The van der Waals surface area contributed by atoms with Crippen LogP contribution in [0.1, 0.15) is 33.1 Å². The molecular weight excluding hydrogens is 452 g/mol. The summed E-state index contributed by atoms with van der Waals surface area (Å²) in [6, 6.07) is 0. The van der Waals surface area contributed by atoms with E-state index in [1.54, 1.807) is 0 Å². The van der Waals surface area contributed by atoms with Crippen LogP contribution < -0.4 is 0 Å². The van der Waals surface area contributed by atoms with Gasteiger partial charge in [-0.2, -0.15) is 0 Å². The third-order valence-corrected chi connectivity index (χ3v) is 4.91. The first-order valence-corrected chi connectivity index (χ1v) is 11.6. The second-order valence-corrected chi connectivity index (χ2v) is 11.3. The topological polar surface area (TPSA) is 109 Å². The van der Waals surface area contributed by atoms with E-state index in [-0.39, 0.29) is 17.4 Å². The fourth-order valence-corrected chi connectivity index (χ4v) is 1.71. The van der Waals surface area contributed by atoms with E-state index in [1.807, 2.05) is 0 Å². The number of allylic oxidation sites excluding steroid dienone is 3. The summed E-state index contributed by atoms with van der Waals surface area (Å²) in [4.78, 5) is 0. The molecule has 8 heteroatoms. The summed E-state index contributed by atoms with van der Waals surface area (Å²) in [5.41, 5.74) is 2.57. The molecule has 0 saturated carbocycles. The van der Waals surface area contributed by atoms with Crippen molar-refractivity contribution in [3.05, 3.63) is 74.9 Å². The average Bonchev–Trinajstić information content (AvgIpc) is 2.78. The Kier molecular flexibility index (Phi) is 64.3. The zero-order valence-electron chi connectivity index (χ0n) is 18.6. The SMILES string of the molecule is C#CC/C=C(\C)CC/C=C(\C)CO[C]C(=C)[Si](C)(C)C.[C-]#[O+].[C-]#[O+].[C-]#[O+].[C-]#[O+].[C-]#[O+].[Cr]. The molecule has 0 aromatic carbocycles. The monoisotopic (exact) mass is 480 g/mol. The molecule has 0 heterocycles. The van der Waals surface area contributed by atoms with Crippen LogP contribution in [0.3, 0.4) is 0 Å². The van der Waals surface area contributed by atoms with Gasteiger partial charge in [-0.3, -0.25) is 0 Å². The van der Waals surface area contributed by atoms with E-state index in [9.17, 15) is 0 Å². The van der Waals surface area contributed by atoms with Gasteiger partial charge in [0, 0.05) is 23.8 Å². The van der Waals surface area contributed by atoms with Gasteiger partial charge in [0.2, 0.25) is 0 Å². The van der Waals surface area contributed by atoms with Crippen molar-refractivity contribution in [1.29, 1.82) is 0 Å². The van der Waals surface area contributed by atoms with Crippen LogP contribution in [-0.2, 0) is 45.4 Å². The number of hydrogen-bond acceptors (Lipinski definition) is 1. The van der Waals surface area contributed by atoms with Crippen molar-refractivity contribution in [2.45, 2.75) is 52.8 Å². The van der Waals surface area contributed by atoms with Crippen molar-refractivity contribution >= 4 is 8.07 Å². The van der Waals surface area contributed by atoms with Gasteiger partial charge in [-0.15, -0.1) is 18.9 Å². The molecule has 2 radical (unpaired) electrons. The molecule has 0 bridgehead atoms. The quantitative estimate of drug-likeness (QED) is 0.150. The maximum absolute atomic E-state index is 7.50. The van der Waals surface area contributed by atoms with Gasteiger partial charge in [0.05, 0.1) is 14.7 Å². The maximum Gasteiger partial charge on any atom is 0 e. The average molecular weight is 481 g/mol. The summed E-state index contributed by atoms with van der Waals surface area (Å²) in [5, 5.41) is 1.03. The van der Waals surface area contributed by atoms with E-state index in [4.69, 9.17) is 34.4 Å². The first-order chi connectivity index (χ1) is 14.3. The third-order valence-electron chi connectivity index (χ3n) is 3.00. The minimum atomic E-state index is -1.36. The molecule has 0 fully saturated rings. The Morgan fingerprint density at radius 1 is 0.903 bits per heavy atom. The Morgan fingerprint density at radius 3 is 1.68 bits per heavy atom. The molecular formula is C23H28CrO6Si. The third kappa shape index (κ3) is 47.4. The van der Waals surface area contributed by atoms with Gasteiger partial charge < -0.3 is 4.74 Å².